The molecule has 2 aromatic carbocycles. The van der Waals surface area contributed by atoms with E-state index in [1.807, 2.05) is 0 Å². The minimum Gasteiger partial charge on any atom is -0.345 e. The normalized spacial score (nSPS) is 12.9. The summed E-state index contributed by atoms with van der Waals surface area (Å²) in [6.07, 6.45) is 1.15. The van der Waals surface area contributed by atoms with Gasteiger partial charge in [0.25, 0.3) is 5.91 Å². The maximum Gasteiger partial charge on any atom is 0.261 e. The zero-order chi connectivity index (χ0) is 18.2. The van der Waals surface area contributed by atoms with Crippen molar-refractivity contribution in [2.45, 2.75) is 17.9 Å². The van der Waals surface area contributed by atoms with Crippen LogP contribution in [0.2, 0.25) is 0 Å². The third kappa shape index (κ3) is 3.72. The van der Waals surface area contributed by atoms with E-state index >= 15 is 0 Å². The predicted octanol–water partition coefficient (Wildman–Crippen LogP) is 3.93. The molecule has 1 amide bonds. The Morgan fingerprint density at radius 2 is 1.84 bits per heavy atom. The lowest BCUT2D eigenvalue weighted by atomic mass is 10.1. The van der Waals surface area contributed by atoms with E-state index in [-0.39, 0.29) is 22.7 Å². The topological polar surface area (TPSA) is 63.2 Å². The van der Waals surface area contributed by atoms with Crippen LogP contribution in [0.4, 0.5) is 4.39 Å². The highest BCUT2D eigenvalue weighted by Gasteiger charge is 2.16. The smallest absolute Gasteiger partial charge is 0.261 e. The zero-order valence-corrected chi connectivity index (χ0v) is 15.2. The summed E-state index contributed by atoms with van der Waals surface area (Å²) >= 11 is 1.23. The molecule has 0 saturated heterocycles. The first kappa shape index (κ1) is 17.6. The second-order valence-electron chi connectivity index (χ2n) is 5.80. The summed E-state index contributed by atoms with van der Waals surface area (Å²) < 4.78 is 37.4. The Morgan fingerprint density at radius 3 is 2.44 bits per heavy atom. The molecule has 1 N–H and O–H groups in total. The molecule has 0 fully saturated rings. The van der Waals surface area contributed by atoms with Crippen LogP contribution in [0.1, 0.15) is 28.2 Å². The van der Waals surface area contributed by atoms with Gasteiger partial charge in [-0.05, 0) is 42.8 Å². The first-order valence-electron chi connectivity index (χ1n) is 7.54. The minimum atomic E-state index is -3.25. The number of fused-ring (bicyclic) bond motifs is 1. The van der Waals surface area contributed by atoms with E-state index in [2.05, 4.69) is 5.32 Å². The van der Waals surface area contributed by atoms with Crippen molar-refractivity contribution in [1.82, 2.24) is 5.32 Å². The molecule has 0 aliphatic carbocycles. The van der Waals surface area contributed by atoms with Gasteiger partial charge in [0, 0.05) is 16.3 Å². The van der Waals surface area contributed by atoms with Crippen molar-refractivity contribution in [3.05, 3.63) is 64.8 Å². The molecule has 1 atom stereocenters. The first-order chi connectivity index (χ1) is 11.8. The number of thiophene rings is 1. The molecule has 3 aromatic rings. The maximum atomic E-state index is 13.8. The lowest BCUT2D eigenvalue weighted by Crippen LogP contribution is -2.25. The average molecular weight is 377 g/mol. The van der Waals surface area contributed by atoms with Crippen molar-refractivity contribution in [1.29, 1.82) is 0 Å². The second kappa shape index (κ2) is 6.57. The molecule has 4 nitrogen and oxygen atoms in total. The van der Waals surface area contributed by atoms with Crippen molar-refractivity contribution < 1.29 is 17.6 Å². The number of nitrogens with one attached hydrogen (secondary N) is 1. The molecule has 0 saturated carbocycles. The third-order valence-corrected chi connectivity index (χ3v) is 6.12. The van der Waals surface area contributed by atoms with Crippen LogP contribution in [0.15, 0.2) is 53.4 Å². The van der Waals surface area contributed by atoms with Crippen LogP contribution in [0, 0.1) is 5.82 Å². The van der Waals surface area contributed by atoms with Gasteiger partial charge in [-0.1, -0.05) is 18.2 Å². The van der Waals surface area contributed by atoms with Crippen molar-refractivity contribution >= 4 is 37.2 Å². The van der Waals surface area contributed by atoms with Crippen LogP contribution in [-0.2, 0) is 9.84 Å². The molecule has 3 rings (SSSR count). The summed E-state index contributed by atoms with van der Waals surface area (Å²) in [6.45, 7) is 1.81. The van der Waals surface area contributed by atoms with E-state index in [0.29, 0.717) is 10.3 Å². The zero-order valence-electron chi connectivity index (χ0n) is 13.6. The van der Waals surface area contributed by atoms with Crippen molar-refractivity contribution in [3.63, 3.8) is 0 Å². The van der Waals surface area contributed by atoms with Crippen LogP contribution in [-0.4, -0.2) is 20.6 Å². The van der Waals surface area contributed by atoms with Gasteiger partial charge in [0.1, 0.15) is 5.82 Å². The Morgan fingerprint density at radius 1 is 1.16 bits per heavy atom. The number of benzene rings is 2. The van der Waals surface area contributed by atoms with Crippen LogP contribution in [0.5, 0.6) is 0 Å². The van der Waals surface area contributed by atoms with Crippen LogP contribution < -0.4 is 5.32 Å². The van der Waals surface area contributed by atoms with E-state index in [1.54, 1.807) is 37.3 Å². The molecule has 0 radical (unpaired) electrons. The van der Waals surface area contributed by atoms with Crippen molar-refractivity contribution in [3.8, 4) is 0 Å². The standard InChI is InChI=1S/C18H16FNO3S2/c1-11(12-6-8-13(9-7-12)25(2,22)23)20-18(21)17-10-14-15(19)4-3-5-16(14)24-17/h3-11H,1-2H3,(H,20,21). The van der Waals surface area contributed by atoms with E-state index in [4.69, 9.17) is 0 Å². The van der Waals surface area contributed by atoms with Gasteiger partial charge in [0.15, 0.2) is 9.84 Å². The van der Waals surface area contributed by atoms with Gasteiger partial charge < -0.3 is 5.32 Å². The summed E-state index contributed by atoms with van der Waals surface area (Å²) in [5.41, 5.74) is 0.785. The Labute approximate surface area is 149 Å². The molecular formula is C18H16FNO3S2. The van der Waals surface area contributed by atoms with E-state index in [1.165, 1.54) is 29.5 Å². The molecule has 0 spiro atoms. The predicted molar refractivity (Wildman–Crippen MR) is 97.2 cm³/mol. The number of sulfone groups is 1. The Balaban J connectivity index is 1.78. The van der Waals surface area contributed by atoms with Gasteiger partial charge >= 0.3 is 0 Å². The molecule has 0 aliphatic heterocycles. The number of hydrogen-bond acceptors (Lipinski definition) is 4. The van der Waals surface area contributed by atoms with E-state index in [0.717, 1.165) is 16.5 Å². The Bertz CT molecular complexity index is 1040. The van der Waals surface area contributed by atoms with Gasteiger partial charge in [0.05, 0.1) is 15.8 Å². The SMILES string of the molecule is CC(NC(=O)c1cc2c(F)cccc2s1)c1ccc(S(C)(=O)=O)cc1. The maximum absolute atomic E-state index is 13.8. The number of carbonyl (C=O) groups excluding carboxylic acids is 1. The molecule has 25 heavy (non-hydrogen) atoms. The fourth-order valence-electron chi connectivity index (χ4n) is 2.49. The van der Waals surface area contributed by atoms with Crippen LogP contribution >= 0.6 is 11.3 Å². The first-order valence-corrected chi connectivity index (χ1v) is 10.3. The van der Waals surface area contributed by atoms with Gasteiger partial charge in [-0.15, -0.1) is 11.3 Å². The number of halogens is 1. The van der Waals surface area contributed by atoms with E-state index < -0.39 is 9.84 Å². The van der Waals surface area contributed by atoms with Gasteiger partial charge in [-0.25, -0.2) is 12.8 Å². The summed E-state index contributed by atoms with van der Waals surface area (Å²) in [4.78, 5) is 13.1. The number of hydrogen-bond donors (Lipinski definition) is 1. The summed E-state index contributed by atoms with van der Waals surface area (Å²) in [5.74, 6) is -0.641. The lowest BCUT2D eigenvalue weighted by molar-refractivity contribution is 0.0944. The van der Waals surface area contributed by atoms with Gasteiger partial charge in [-0.3, -0.25) is 4.79 Å². The largest absolute Gasteiger partial charge is 0.345 e. The molecule has 1 unspecified atom stereocenters. The molecule has 1 heterocycles. The fraction of sp³-hybridized carbons (Fsp3) is 0.167. The average Bonchev–Trinajstić information content (AvgIpc) is 3.00. The molecule has 0 bridgehead atoms. The number of carbonyl (C=O) groups is 1. The highest BCUT2D eigenvalue weighted by molar-refractivity contribution is 7.90. The molecule has 1 aromatic heterocycles. The summed E-state index contributed by atoms with van der Waals surface area (Å²) in [7, 11) is -3.25. The highest BCUT2D eigenvalue weighted by Crippen LogP contribution is 2.28. The van der Waals surface area contributed by atoms with Gasteiger partial charge in [0.2, 0.25) is 0 Å². The minimum absolute atomic E-state index is 0.231. The lowest BCUT2D eigenvalue weighted by Gasteiger charge is -2.14. The third-order valence-electron chi connectivity index (χ3n) is 3.89. The van der Waals surface area contributed by atoms with Crippen molar-refractivity contribution in [2.75, 3.05) is 6.26 Å². The Hall–Kier alpha value is -2.25. The summed E-state index contributed by atoms with van der Waals surface area (Å²) in [6, 6.07) is 12.4. The van der Waals surface area contributed by atoms with Crippen molar-refractivity contribution in [2.24, 2.45) is 0 Å². The van der Waals surface area contributed by atoms with E-state index in [9.17, 15) is 17.6 Å². The number of rotatable bonds is 4. The second-order valence-corrected chi connectivity index (χ2v) is 8.90. The van der Waals surface area contributed by atoms with Gasteiger partial charge in [-0.2, -0.15) is 0 Å². The highest BCUT2D eigenvalue weighted by atomic mass is 32.2. The molecular weight excluding hydrogens is 361 g/mol. The van der Waals surface area contributed by atoms with Crippen LogP contribution in [0.25, 0.3) is 10.1 Å². The quantitative estimate of drug-likeness (QED) is 0.749. The molecule has 130 valence electrons. The molecule has 0 aliphatic rings. The summed E-state index contributed by atoms with van der Waals surface area (Å²) in [5, 5.41) is 3.28. The monoisotopic (exact) mass is 377 g/mol. The number of amides is 1. The Kier molecular flexibility index (Phi) is 4.62. The fourth-order valence-corrected chi connectivity index (χ4v) is 4.10. The van der Waals surface area contributed by atoms with Crippen LogP contribution in [0.3, 0.4) is 0 Å². The molecule has 7 heteroatoms.